The molecule has 0 saturated carbocycles. The van der Waals surface area contributed by atoms with E-state index in [0.29, 0.717) is 6.54 Å². The Morgan fingerprint density at radius 2 is 2.36 bits per heavy atom. The summed E-state index contributed by atoms with van der Waals surface area (Å²) in [7, 11) is -4.37. The third-order valence-corrected chi connectivity index (χ3v) is 2.14. The zero-order chi connectivity index (χ0) is 7.61. The van der Waals surface area contributed by atoms with E-state index in [4.69, 9.17) is 9.79 Å². The van der Waals surface area contributed by atoms with E-state index in [1.54, 1.807) is 0 Å². The molecule has 0 unspecified atom stereocenters. The summed E-state index contributed by atoms with van der Waals surface area (Å²) in [6.45, 7) is 0.569. The molecule has 0 bridgehead atoms. The van der Waals surface area contributed by atoms with Crippen LogP contribution >= 0.6 is 19.6 Å². The van der Waals surface area contributed by atoms with Gasteiger partial charge in [0.25, 0.3) is 5.23 Å². The second-order valence-electron chi connectivity index (χ2n) is 1.58. The summed E-state index contributed by atoms with van der Waals surface area (Å²) < 4.78 is 14.3. The van der Waals surface area contributed by atoms with E-state index in [9.17, 15) is 4.57 Å². The number of phosphoric acid groups is 1. The second kappa shape index (κ2) is 4.87. The van der Waals surface area contributed by atoms with Crippen molar-refractivity contribution in [3.8, 4) is 0 Å². The molecule has 2 N–H and O–H groups in total. The van der Waals surface area contributed by atoms with Crippen LogP contribution in [0, 0.1) is 0 Å². The van der Waals surface area contributed by atoms with Crippen LogP contribution in [0.25, 0.3) is 0 Å². The maximum Gasteiger partial charge on any atom is 1.00 e. The maximum absolute atomic E-state index is 10.2. The number of phosphoric ester groups is 1. The first-order valence-corrected chi connectivity index (χ1v) is 5.02. The monoisotopic (exact) mass is 207 g/mol. The minimum absolute atomic E-state index is 0. The molecule has 0 aromatic rings. The Bertz CT molecular complexity index is 208. The van der Waals surface area contributed by atoms with E-state index in [0.717, 1.165) is 5.75 Å². The van der Waals surface area contributed by atoms with Gasteiger partial charge < -0.3 is 5.95 Å². The summed E-state index contributed by atoms with van der Waals surface area (Å²) in [6.07, 6.45) is 0. The van der Waals surface area contributed by atoms with Crippen LogP contribution < -0.4 is 29.6 Å². The standard InChI is InChI=1S/C3H6NO4PS.Na.H/c5-9(6,7)8-3-4-1-2-10-3;;/h1-2H2,(H2,5,6,7);;/q;+1;-1. The Morgan fingerprint density at radius 3 is 2.73 bits per heavy atom. The average molecular weight is 207 g/mol. The normalized spacial score (nSPS) is 17.1. The van der Waals surface area contributed by atoms with Gasteiger partial charge in [-0.25, -0.2) is 9.56 Å². The first-order valence-electron chi connectivity index (χ1n) is 2.50. The molecule has 0 aromatic carbocycles. The molecule has 1 aliphatic rings. The molecule has 0 radical (unpaired) electrons. The fraction of sp³-hybridized carbons (Fsp3) is 0.667. The Morgan fingerprint density at radius 1 is 1.73 bits per heavy atom. The molecule has 0 spiro atoms. The van der Waals surface area contributed by atoms with Gasteiger partial charge in [-0.1, -0.05) is 11.8 Å². The summed E-state index contributed by atoms with van der Waals surface area (Å²) in [5.74, 6) is 0.731. The quantitative estimate of drug-likeness (QED) is 0.361. The van der Waals surface area contributed by atoms with E-state index in [2.05, 4.69) is 9.52 Å². The number of nitrogens with zero attached hydrogens (tertiary/aromatic N) is 1. The first kappa shape index (κ1) is 12.0. The van der Waals surface area contributed by atoms with Crippen LogP contribution in [-0.2, 0) is 9.09 Å². The van der Waals surface area contributed by atoms with E-state index in [-0.39, 0.29) is 36.2 Å². The number of thioether (sulfide) groups is 1. The van der Waals surface area contributed by atoms with E-state index in [1.807, 2.05) is 0 Å². The minimum Gasteiger partial charge on any atom is -1.00 e. The van der Waals surface area contributed by atoms with Crippen molar-refractivity contribution in [2.24, 2.45) is 4.99 Å². The molecular weight excluding hydrogens is 200 g/mol. The average Bonchev–Trinajstić information content (AvgIpc) is 2.12. The summed E-state index contributed by atoms with van der Waals surface area (Å²) >= 11 is 1.20. The van der Waals surface area contributed by atoms with Crippen molar-refractivity contribution >= 4 is 24.8 Å². The number of aliphatic imine (C=N–C) groups is 1. The van der Waals surface area contributed by atoms with Gasteiger partial charge in [0.05, 0.1) is 6.54 Å². The van der Waals surface area contributed by atoms with Crippen molar-refractivity contribution in [3.63, 3.8) is 0 Å². The Balaban J connectivity index is 0. The van der Waals surface area contributed by atoms with Crippen LogP contribution in [0.4, 0.5) is 0 Å². The van der Waals surface area contributed by atoms with Crippen LogP contribution in [0.2, 0.25) is 0 Å². The van der Waals surface area contributed by atoms with Gasteiger partial charge in [0.15, 0.2) is 0 Å². The van der Waals surface area contributed by atoms with Gasteiger partial charge in [0.2, 0.25) is 0 Å². The SMILES string of the molecule is O=P(O)(O)OC1=NCCS1.[H-].[Na+]. The van der Waals surface area contributed by atoms with Crippen LogP contribution in [0.5, 0.6) is 0 Å². The van der Waals surface area contributed by atoms with Crippen molar-refractivity contribution < 1.29 is 49.9 Å². The molecule has 60 valence electrons. The number of hydrogen-bond acceptors (Lipinski definition) is 4. The molecule has 0 atom stereocenters. The fourth-order valence-corrected chi connectivity index (χ4v) is 1.78. The third-order valence-electron chi connectivity index (χ3n) is 0.755. The zero-order valence-corrected chi connectivity index (χ0v) is 9.64. The molecule has 1 heterocycles. The second-order valence-corrected chi connectivity index (χ2v) is 3.79. The van der Waals surface area contributed by atoms with Crippen molar-refractivity contribution in [1.82, 2.24) is 0 Å². The zero-order valence-electron chi connectivity index (χ0n) is 6.93. The molecule has 1 aliphatic heterocycles. The molecule has 0 saturated heterocycles. The van der Waals surface area contributed by atoms with Gasteiger partial charge in [-0.15, -0.1) is 0 Å². The molecule has 0 aromatic heterocycles. The number of rotatable bonds is 1. The first-order chi connectivity index (χ1) is 4.58. The van der Waals surface area contributed by atoms with Gasteiger partial charge in [-0.3, -0.25) is 9.79 Å². The molecule has 0 amide bonds. The predicted octanol–water partition coefficient (Wildman–Crippen LogP) is -2.68. The van der Waals surface area contributed by atoms with Gasteiger partial charge in [0, 0.05) is 5.75 Å². The summed E-state index contributed by atoms with van der Waals surface area (Å²) in [4.78, 5) is 20.2. The van der Waals surface area contributed by atoms with Crippen LogP contribution in [-0.4, -0.2) is 27.3 Å². The smallest absolute Gasteiger partial charge is 1.00 e. The Kier molecular flexibility index (Phi) is 5.29. The third kappa shape index (κ3) is 5.25. The van der Waals surface area contributed by atoms with Gasteiger partial charge >= 0.3 is 37.4 Å². The fourth-order valence-electron chi connectivity index (χ4n) is 0.472. The largest absolute Gasteiger partial charge is 1.00 e. The van der Waals surface area contributed by atoms with Crippen LogP contribution in [0.3, 0.4) is 0 Å². The van der Waals surface area contributed by atoms with Crippen molar-refractivity contribution in [1.29, 1.82) is 0 Å². The topological polar surface area (TPSA) is 79.1 Å². The summed E-state index contributed by atoms with van der Waals surface area (Å²) in [5, 5.41) is 0.0910. The summed E-state index contributed by atoms with van der Waals surface area (Å²) in [5.41, 5.74) is 0. The number of hydrogen-bond donors (Lipinski definition) is 2. The van der Waals surface area contributed by atoms with Crippen LogP contribution in [0.15, 0.2) is 4.99 Å². The molecule has 1 rings (SSSR count). The maximum atomic E-state index is 10.2. The molecule has 0 aliphatic carbocycles. The Hall–Kier alpha value is 0.970. The molecule has 8 heteroatoms. The summed E-state index contributed by atoms with van der Waals surface area (Å²) in [6, 6.07) is 0. The van der Waals surface area contributed by atoms with Crippen LogP contribution in [0.1, 0.15) is 1.43 Å². The van der Waals surface area contributed by atoms with E-state index >= 15 is 0 Å². The van der Waals surface area contributed by atoms with E-state index in [1.165, 1.54) is 11.8 Å². The Labute approximate surface area is 91.6 Å². The van der Waals surface area contributed by atoms with Gasteiger partial charge in [0.1, 0.15) is 0 Å². The van der Waals surface area contributed by atoms with Crippen molar-refractivity contribution in [2.45, 2.75) is 0 Å². The van der Waals surface area contributed by atoms with Gasteiger partial charge in [-0.2, -0.15) is 0 Å². The van der Waals surface area contributed by atoms with Gasteiger partial charge in [-0.05, 0) is 0 Å². The van der Waals surface area contributed by atoms with E-state index < -0.39 is 7.82 Å². The molecule has 0 fully saturated rings. The minimum atomic E-state index is -4.37. The van der Waals surface area contributed by atoms with Crippen molar-refractivity contribution in [3.05, 3.63) is 0 Å². The molecule has 11 heavy (non-hydrogen) atoms. The van der Waals surface area contributed by atoms with Crippen molar-refractivity contribution in [2.75, 3.05) is 12.3 Å². The molecular formula is C3H7NNaO4PS. The predicted molar refractivity (Wildman–Crippen MR) is 39.0 cm³/mol. The molecule has 5 nitrogen and oxygen atoms in total.